The molecule has 0 saturated carbocycles. The second kappa shape index (κ2) is 14.1. The van der Waals surface area contributed by atoms with E-state index in [2.05, 4.69) is 20.7 Å². The van der Waals surface area contributed by atoms with Gasteiger partial charge >= 0.3 is 11.9 Å². The first-order chi connectivity index (χ1) is 13.7. The fourth-order valence-corrected chi connectivity index (χ4v) is 2.22. The lowest BCUT2D eigenvalue weighted by atomic mass is 10.1. The number of hydrogen-bond donors (Lipinski definition) is 5. The van der Waals surface area contributed by atoms with Crippen molar-refractivity contribution in [1.29, 1.82) is 0 Å². The summed E-state index contributed by atoms with van der Waals surface area (Å²) in [4.78, 5) is 58.7. The van der Waals surface area contributed by atoms with Gasteiger partial charge in [0.25, 0.3) is 0 Å². The first-order valence-corrected chi connectivity index (χ1v) is 9.29. The Labute approximate surface area is 169 Å². The number of carboxylic acid groups (broad SMARTS) is 1. The van der Waals surface area contributed by atoms with Crippen LogP contribution in [-0.4, -0.2) is 66.5 Å². The minimum atomic E-state index is -1.25. The highest BCUT2D eigenvalue weighted by Crippen LogP contribution is 1.99. The number of carbonyl (C=O) groups excluding carboxylic acids is 4. The SMILES string of the molecule is CCC[C@H](NC(=O)[C@H](CNC(=O)/C=C/C(=O)OC)NC(=O)[C@@H](N)CCC)C(=O)O. The molecule has 0 aromatic carbocycles. The normalized spacial score (nSPS) is 13.8. The average molecular weight is 414 g/mol. The van der Waals surface area contributed by atoms with Crippen LogP contribution in [0.4, 0.5) is 0 Å². The van der Waals surface area contributed by atoms with Gasteiger partial charge in [-0.15, -0.1) is 0 Å². The monoisotopic (exact) mass is 414 g/mol. The van der Waals surface area contributed by atoms with Crippen LogP contribution in [0.3, 0.4) is 0 Å². The Bertz CT molecular complexity index is 621. The quantitative estimate of drug-likeness (QED) is 0.184. The van der Waals surface area contributed by atoms with Crippen molar-refractivity contribution in [2.45, 2.75) is 57.7 Å². The molecule has 0 fully saturated rings. The van der Waals surface area contributed by atoms with E-state index in [1.807, 2.05) is 6.92 Å². The van der Waals surface area contributed by atoms with Crippen molar-refractivity contribution >= 4 is 29.7 Å². The maximum absolute atomic E-state index is 12.5. The van der Waals surface area contributed by atoms with Crippen LogP contribution in [0.2, 0.25) is 0 Å². The van der Waals surface area contributed by atoms with E-state index in [4.69, 9.17) is 5.73 Å². The van der Waals surface area contributed by atoms with E-state index in [1.54, 1.807) is 6.92 Å². The smallest absolute Gasteiger partial charge is 0.330 e. The third-order valence-corrected chi connectivity index (χ3v) is 3.81. The van der Waals surface area contributed by atoms with Crippen molar-refractivity contribution in [2.75, 3.05) is 13.7 Å². The van der Waals surface area contributed by atoms with Gasteiger partial charge in [-0.3, -0.25) is 14.4 Å². The molecule has 0 spiro atoms. The largest absolute Gasteiger partial charge is 0.480 e. The van der Waals surface area contributed by atoms with Gasteiger partial charge in [0.1, 0.15) is 12.1 Å². The molecule has 0 aromatic heterocycles. The molecule has 164 valence electrons. The molecule has 0 bridgehead atoms. The molecule has 0 saturated heterocycles. The van der Waals surface area contributed by atoms with E-state index < -0.39 is 47.8 Å². The average Bonchev–Trinajstić information content (AvgIpc) is 2.68. The Morgan fingerprint density at radius 1 is 0.966 bits per heavy atom. The molecule has 0 aliphatic carbocycles. The summed E-state index contributed by atoms with van der Waals surface area (Å²) in [5.41, 5.74) is 5.74. The standard InChI is InChI=1S/C18H30N4O7/c1-4-6-11(19)16(25)22-13(10-20-14(23)8-9-15(24)29-3)17(26)21-12(7-5-2)18(27)28/h8-9,11-13H,4-7,10,19H2,1-3H3,(H,20,23)(H,21,26)(H,22,25)(H,27,28)/b9-8+/t11-,12-,13-/m0/s1. The molecule has 0 heterocycles. The highest BCUT2D eigenvalue weighted by atomic mass is 16.5. The molecule has 0 rings (SSSR count). The summed E-state index contributed by atoms with van der Waals surface area (Å²) in [6.07, 6.45) is 3.56. The molecular weight excluding hydrogens is 384 g/mol. The number of rotatable bonds is 13. The van der Waals surface area contributed by atoms with E-state index in [-0.39, 0.29) is 13.0 Å². The molecule has 11 nitrogen and oxygen atoms in total. The number of carbonyl (C=O) groups is 5. The summed E-state index contributed by atoms with van der Waals surface area (Å²) in [6.45, 7) is 3.27. The van der Waals surface area contributed by atoms with Crippen LogP contribution in [0.1, 0.15) is 39.5 Å². The van der Waals surface area contributed by atoms with Crippen molar-refractivity contribution in [3.05, 3.63) is 12.2 Å². The Kier molecular flexibility index (Phi) is 12.7. The summed E-state index contributed by atoms with van der Waals surface area (Å²) in [5.74, 6) is -4.03. The Balaban J connectivity index is 5.17. The minimum absolute atomic E-state index is 0.200. The second-order valence-electron chi connectivity index (χ2n) is 6.25. The van der Waals surface area contributed by atoms with Gasteiger partial charge in [-0.2, -0.15) is 0 Å². The summed E-state index contributed by atoms with van der Waals surface area (Å²) in [5, 5.41) is 16.3. The fraction of sp³-hybridized carbons (Fsp3) is 0.611. The van der Waals surface area contributed by atoms with Gasteiger partial charge in [0.2, 0.25) is 17.7 Å². The summed E-state index contributed by atoms with van der Waals surface area (Å²) >= 11 is 0. The predicted octanol–water partition coefficient (Wildman–Crippen LogP) is -1.19. The third-order valence-electron chi connectivity index (χ3n) is 3.81. The topological polar surface area (TPSA) is 177 Å². The molecule has 0 aliphatic heterocycles. The molecule has 29 heavy (non-hydrogen) atoms. The first kappa shape index (κ1) is 26.1. The van der Waals surface area contributed by atoms with Crippen LogP contribution in [0, 0.1) is 0 Å². The van der Waals surface area contributed by atoms with E-state index in [0.29, 0.717) is 19.3 Å². The van der Waals surface area contributed by atoms with Crippen molar-refractivity contribution in [3.8, 4) is 0 Å². The van der Waals surface area contributed by atoms with E-state index in [1.165, 1.54) is 0 Å². The molecule has 0 aliphatic rings. The molecular formula is C18H30N4O7. The van der Waals surface area contributed by atoms with Crippen molar-refractivity contribution in [1.82, 2.24) is 16.0 Å². The zero-order valence-corrected chi connectivity index (χ0v) is 16.9. The van der Waals surface area contributed by atoms with Crippen LogP contribution < -0.4 is 21.7 Å². The number of carboxylic acids is 1. The Morgan fingerprint density at radius 2 is 1.55 bits per heavy atom. The van der Waals surface area contributed by atoms with Crippen LogP contribution in [0.5, 0.6) is 0 Å². The van der Waals surface area contributed by atoms with Gasteiger partial charge in [0, 0.05) is 18.7 Å². The lowest BCUT2D eigenvalue weighted by Gasteiger charge is -2.23. The summed E-state index contributed by atoms with van der Waals surface area (Å²) < 4.78 is 4.36. The molecule has 3 atom stereocenters. The van der Waals surface area contributed by atoms with Gasteiger partial charge in [-0.1, -0.05) is 26.7 Å². The number of amides is 3. The maximum Gasteiger partial charge on any atom is 0.330 e. The fourth-order valence-electron chi connectivity index (χ4n) is 2.22. The molecule has 3 amide bonds. The zero-order chi connectivity index (χ0) is 22.4. The van der Waals surface area contributed by atoms with Gasteiger partial charge in [0.15, 0.2) is 0 Å². The van der Waals surface area contributed by atoms with Gasteiger partial charge in [-0.05, 0) is 12.8 Å². The lowest BCUT2D eigenvalue weighted by molar-refractivity contribution is -0.142. The van der Waals surface area contributed by atoms with Crippen LogP contribution in [0.15, 0.2) is 12.2 Å². The second-order valence-corrected chi connectivity index (χ2v) is 6.25. The molecule has 0 aromatic rings. The Morgan fingerprint density at radius 3 is 2.07 bits per heavy atom. The number of hydrogen-bond acceptors (Lipinski definition) is 7. The first-order valence-electron chi connectivity index (χ1n) is 9.29. The van der Waals surface area contributed by atoms with Crippen molar-refractivity contribution in [3.63, 3.8) is 0 Å². The number of methoxy groups -OCH3 is 1. The predicted molar refractivity (Wildman–Crippen MR) is 103 cm³/mol. The highest BCUT2D eigenvalue weighted by Gasteiger charge is 2.27. The van der Waals surface area contributed by atoms with Crippen LogP contribution in [0.25, 0.3) is 0 Å². The van der Waals surface area contributed by atoms with Crippen molar-refractivity contribution in [2.24, 2.45) is 5.73 Å². The van der Waals surface area contributed by atoms with Gasteiger partial charge < -0.3 is 31.5 Å². The van der Waals surface area contributed by atoms with Crippen LogP contribution in [-0.2, 0) is 28.7 Å². The summed E-state index contributed by atoms with van der Waals surface area (Å²) in [7, 11) is 1.15. The van der Waals surface area contributed by atoms with Crippen molar-refractivity contribution < 1.29 is 33.8 Å². The zero-order valence-electron chi connectivity index (χ0n) is 16.9. The maximum atomic E-state index is 12.5. The molecule has 11 heteroatoms. The van der Waals surface area contributed by atoms with Gasteiger partial charge in [0.05, 0.1) is 13.2 Å². The molecule has 0 unspecified atom stereocenters. The van der Waals surface area contributed by atoms with Gasteiger partial charge in [-0.25, -0.2) is 9.59 Å². The lowest BCUT2D eigenvalue weighted by Crippen LogP contribution is -2.57. The third kappa shape index (κ3) is 10.8. The number of nitrogens with two attached hydrogens (primary N) is 1. The number of esters is 1. The molecule has 0 radical (unpaired) electrons. The highest BCUT2D eigenvalue weighted by molar-refractivity contribution is 5.95. The number of nitrogens with one attached hydrogen (secondary N) is 3. The van der Waals surface area contributed by atoms with E-state index in [9.17, 15) is 29.1 Å². The Hall–Kier alpha value is -2.95. The van der Waals surface area contributed by atoms with E-state index >= 15 is 0 Å². The van der Waals surface area contributed by atoms with Crippen LogP contribution >= 0.6 is 0 Å². The number of ether oxygens (including phenoxy) is 1. The van der Waals surface area contributed by atoms with E-state index in [0.717, 1.165) is 19.3 Å². The summed E-state index contributed by atoms with van der Waals surface area (Å²) in [6, 6.07) is -3.23. The number of aliphatic carboxylic acids is 1. The molecule has 6 N–H and O–H groups in total. The minimum Gasteiger partial charge on any atom is -0.480 e.